The number of carbonyl (C=O) groups excluding carboxylic acids is 2. The number of nitrogens with zero attached hydrogens (tertiary/aromatic N) is 2. The van der Waals surface area contributed by atoms with Crippen LogP contribution in [0.3, 0.4) is 0 Å². The van der Waals surface area contributed by atoms with Crippen LogP contribution >= 0.6 is 22.9 Å². The minimum atomic E-state index is -0.258. The number of amides is 2. The molecule has 3 rings (SSSR count). The second-order valence-electron chi connectivity index (χ2n) is 7.42. The highest BCUT2D eigenvalue weighted by atomic mass is 35.5. The molecule has 0 bridgehead atoms. The van der Waals surface area contributed by atoms with E-state index >= 15 is 0 Å². The molecule has 0 spiro atoms. The fourth-order valence-corrected chi connectivity index (χ4v) is 4.98. The number of benzene rings is 1. The maximum Gasteiger partial charge on any atom is 0.239 e. The number of para-hydroxylation sites is 1. The van der Waals surface area contributed by atoms with E-state index in [1.54, 1.807) is 36.2 Å². The summed E-state index contributed by atoms with van der Waals surface area (Å²) in [4.78, 5) is 27.5. The largest absolute Gasteiger partial charge is 0.324 e. The Balaban J connectivity index is 1.56. The number of rotatable bonds is 6. The lowest BCUT2D eigenvalue weighted by Gasteiger charge is -2.17. The van der Waals surface area contributed by atoms with Crippen LogP contribution in [0.2, 0.25) is 5.02 Å². The molecule has 1 aliphatic rings. The minimum absolute atomic E-state index is 0.0414. The Bertz CT molecular complexity index is 966. The van der Waals surface area contributed by atoms with E-state index < -0.39 is 0 Å². The van der Waals surface area contributed by atoms with Crippen LogP contribution in [-0.2, 0) is 22.4 Å². The van der Waals surface area contributed by atoms with Crippen molar-refractivity contribution in [1.82, 2.24) is 4.90 Å². The van der Waals surface area contributed by atoms with Crippen LogP contribution in [0.25, 0.3) is 0 Å². The first-order valence-corrected chi connectivity index (χ1v) is 10.6. The number of carbonyl (C=O) groups is 2. The fraction of sp³-hybridized carbons (Fsp3) is 0.381. The van der Waals surface area contributed by atoms with Crippen molar-refractivity contribution in [1.29, 1.82) is 5.26 Å². The number of thiophene rings is 1. The van der Waals surface area contributed by atoms with E-state index in [2.05, 4.69) is 23.6 Å². The van der Waals surface area contributed by atoms with Gasteiger partial charge in [0.05, 0.1) is 29.4 Å². The zero-order valence-electron chi connectivity index (χ0n) is 16.4. The van der Waals surface area contributed by atoms with Crippen LogP contribution in [0.15, 0.2) is 24.3 Å². The highest BCUT2D eigenvalue weighted by Crippen LogP contribution is 2.39. The lowest BCUT2D eigenvalue weighted by Crippen LogP contribution is -2.36. The Hall–Kier alpha value is -2.40. The number of anilines is 2. The van der Waals surface area contributed by atoms with E-state index in [0.29, 0.717) is 27.2 Å². The number of nitrogens with one attached hydrogen (secondary N) is 2. The molecule has 1 atom stereocenters. The number of likely N-dealkylation sites (N-methyl/N-ethyl adjacent to an activating group) is 1. The molecule has 1 aliphatic carbocycles. The molecule has 29 heavy (non-hydrogen) atoms. The summed E-state index contributed by atoms with van der Waals surface area (Å²) in [5.74, 6) is 0.0897. The Labute approximate surface area is 179 Å². The molecule has 1 heterocycles. The van der Waals surface area contributed by atoms with Crippen LogP contribution in [0.5, 0.6) is 0 Å². The molecule has 0 saturated heterocycles. The van der Waals surface area contributed by atoms with Gasteiger partial charge in [-0.25, -0.2) is 0 Å². The van der Waals surface area contributed by atoms with Gasteiger partial charge in [-0.05, 0) is 49.9 Å². The zero-order chi connectivity index (χ0) is 21.0. The van der Waals surface area contributed by atoms with E-state index in [0.717, 1.165) is 24.8 Å². The smallest absolute Gasteiger partial charge is 0.239 e. The highest BCUT2D eigenvalue weighted by Gasteiger charge is 2.25. The molecule has 0 radical (unpaired) electrons. The van der Waals surface area contributed by atoms with Gasteiger partial charge in [0, 0.05) is 4.88 Å². The van der Waals surface area contributed by atoms with Gasteiger partial charge in [0.25, 0.3) is 0 Å². The van der Waals surface area contributed by atoms with Gasteiger partial charge in [0.1, 0.15) is 11.1 Å². The van der Waals surface area contributed by atoms with Crippen molar-refractivity contribution >= 4 is 45.4 Å². The van der Waals surface area contributed by atoms with E-state index in [9.17, 15) is 14.9 Å². The number of nitriles is 1. The van der Waals surface area contributed by atoms with Crippen molar-refractivity contribution in [3.05, 3.63) is 45.3 Å². The van der Waals surface area contributed by atoms with Gasteiger partial charge in [-0.2, -0.15) is 5.26 Å². The van der Waals surface area contributed by atoms with Crippen molar-refractivity contribution < 1.29 is 9.59 Å². The van der Waals surface area contributed by atoms with Crippen LogP contribution in [0, 0.1) is 17.2 Å². The van der Waals surface area contributed by atoms with Crippen molar-refractivity contribution in [2.75, 3.05) is 30.8 Å². The van der Waals surface area contributed by atoms with Crippen LogP contribution in [0.4, 0.5) is 10.7 Å². The van der Waals surface area contributed by atoms with E-state index in [4.69, 9.17) is 11.6 Å². The summed E-state index contributed by atoms with van der Waals surface area (Å²) in [6.07, 6.45) is 2.90. The molecule has 2 N–H and O–H groups in total. The van der Waals surface area contributed by atoms with Gasteiger partial charge in [0.2, 0.25) is 11.8 Å². The molecule has 0 fully saturated rings. The first kappa shape index (κ1) is 21.3. The maximum absolute atomic E-state index is 12.5. The van der Waals surface area contributed by atoms with Crippen LogP contribution < -0.4 is 10.6 Å². The number of halogens is 1. The maximum atomic E-state index is 12.5. The van der Waals surface area contributed by atoms with Crippen LogP contribution in [0.1, 0.15) is 29.3 Å². The Morgan fingerprint density at radius 1 is 1.28 bits per heavy atom. The molecule has 0 aliphatic heterocycles. The summed E-state index contributed by atoms with van der Waals surface area (Å²) >= 11 is 7.54. The van der Waals surface area contributed by atoms with E-state index in [1.807, 2.05) is 0 Å². The van der Waals surface area contributed by atoms with Gasteiger partial charge in [-0.3, -0.25) is 14.5 Å². The summed E-state index contributed by atoms with van der Waals surface area (Å²) in [5, 5.41) is 16.2. The van der Waals surface area contributed by atoms with Gasteiger partial charge in [-0.1, -0.05) is 30.7 Å². The lowest BCUT2D eigenvalue weighted by molar-refractivity contribution is -0.119. The standard InChI is InChI=1S/C21H23ClN4O2S/c1-13-7-8-14-15(10-23)21(29-18(14)9-13)25-20(28)12-26(2)11-19(27)24-17-6-4-3-5-16(17)22/h3-6,13H,7-9,11-12H2,1-2H3,(H,24,27)(H,25,28)/t13-/m1/s1. The average molecular weight is 431 g/mol. The summed E-state index contributed by atoms with van der Waals surface area (Å²) in [6.45, 7) is 2.29. The summed E-state index contributed by atoms with van der Waals surface area (Å²) in [7, 11) is 1.69. The van der Waals surface area contributed by atoms with Gasteiger partial charge >= 0.3 is 0 Å². The normalized spacial score (nSPS) is 15.5. The SMILES string of the molecule is C[C@@H]1CCc2c(sc(NC(=O)CN(C)CC(=O)Nc3ccccc3Cl)c2C#N)C1. The third-order valence-corrected chi connectivity index (χ3v) is 6.35. The second kappa shape index (κ2) is 9.40. The lowest BCUT2D eigenvalue weighted by atomic mass is 9.89. The zero-order valence-corrected chi connectivity index (χ0v) is 18.0. The highest BCUT2D eigenvalue weighted by molar-refractivity contribution is 7.16. The summed E-state index contributed by atoms with van der Waals surface area (Å²) in [5.41, 5.74) is 2.21. The first-order chi connectivity index (χ1) is 13.9. The third-order valence-electron chi connectivity index (χ3n) is 4.85. The quantitative estimate of drug-likeness (QED) is 0.727. The Morgan fingerprint density at radius 2 is 1.97 bits per heavy atom. The Morgan fingerprint density at radius 3 is 2.66 bits per heavy atom. The molecule has 1 aromatic carbocycles. The average Bonchev–Trinajstić information content (AvgIpc) is 2.98. The van der Waals surface area contributed by atoms with Gasteiger partial charge < -0.3 is 10.6 Å². The number of hydrogen-bond acceptors (Lipinski definition) is 5. The summed E-state index contributed by atoms with van der Waals surface area (Å²) in [6, 6.07) is 9.23. The van der Waals surface area contributed by atoms with Crippen molar-refractivity contribution in [2.45, 2.75) is 26.2 Å². The molecule has 152 valence electrons. The molecule has 2 aromatic rings. The monoisotopic (exact) mass is 430 g/mol. The second-order valence-corrected chi connectivity index (χ2v) is 8.93. The molecule has 8 heteroatoms. The number of fused-ring (bicyclic) bond motifs is 1. The van der Waals surface area contributed by atoms with Crippen molar-refractivity contribution in [3.8, 4) is 6.07 Å². The van der Waals surface area contributed by atoms with Crippen LogP contribution in [-0.4, -0.2) is 36.9 Å². The molecule has 1 aromatic heterocycles. The third kappa shape index (κ3) is 5.36. The molecule has 6 nitrogen and oxygen atoms in total. The molecule has 0 saturated carbocycles. The predicted octanol–water partition coefficient (Wildman–Crippen LogP) is 3.91. The fourth-order valence-electron chi connectivity index (χ4n) is 3.42. The van der Waals surface area contributed by atoms with Crippen molar-refractivity contribution in [3.63, 3.8) is 0 Å². The van der Waals surface area contributed by atoms with Crippen molar-refractivity contribution in [2.24, 2.45) is 5.92 Å². The molecule has 0 unspecified atom stereocenters. The molecule has 2 amide bonds. The summed E-state index contributed by atoms with van der Waals surface area (Å²) < 4.78 is 0. The minimum Gasteiger partial charge on any atom is -0.324 e. The predicted molar refractivity (Wildman–Crippen MR) is 116 cm³/mol. The van der Waals surface area contributed by atoms with E-state index in [1.165, 1.54) is 16.2 Å². The molecular formula is C21H23ClN4O2S. The topological polar surface area (TPSA) is 85.2 Å². The van der Waals surface area contributed by atoms with Gasteiger partial charge in [-0.15, -0.1) is 11.3 Å². The van der Waals surface area contributed by atoms with E-state index in [-0.39, 0.29) is 24.9 Å². The van der Waals surface area contributed by atoms with Gasteiger partial charge in [0.15, 0.2) is 0 Å². The first-order valence-electron chi connectivity index (χ1n) is 9.44. The molecular weight excluding hydrogens is 408 g/mol. The number of hydrogen-bond donors (Lipinski definition) is 2. The Kier molecular flexibility index (Phi) is 6.91.